The van der Waals surface area contributed by atoms with Crippen molar-refractivity contribution in [3.8, 4) is 17.2 Å². The fourth-order valence-corrected chi connectivity index (χ4v) is 5.61. The second-order valence-electron chi connectivity index (χ2n) is 11.3. The summed E-state index contributed by atoms with van der Waals surface area (Å²) in [5.74, 6) is 1.71. The minimum atomic E-state index is -0.173. The number of anilines is 3. The van der Waals surface area contributed by atoms with E-state index in [-0.39, 0.29) is 18.1 Å². The summed E-state index contributed by atoms with van der Waals surface area (Å²) in [6.07, 6.45) is 11.1. The predicted octanol–water partition coefficient (Wildman–Crippen LogP) is 4.76. The number of methoxy groups -OCH3 is 1. The van der Waals surface area contributed by atoms with Crippen LogP contribution < -0.4 is 20.4 Å². The molecular formula is C33H40N10O2. The van der Waals surface area contributed by atoms with E-state index in [1.165, 1.54) is 0 Å². The van der Waals surface area contributed by atoms with E-state index < -0.39 is 0 Å². The third-order valence-corrected chi connectivity index (χ3v) is 8.03. The number of hydrogen-bond donors (Lipinski definition) is 2. The highest BCUT2D eigenvalue weighted by molar-refractivity contribution is 5.91. The van der Waals surface area contributed by atoms with Crippen LogP contribution in [-0.2, 0) is 18.3 Å². The van der Waals surface area contributed by atoms with Gasteiger partial charge in [-0.15, -0.1) is 0 Å². The summed E-state index contributed by atoms with van der Waals surface area (Å²) in [7, 11) is 5.47. The van der Waals surface area contributed by atoms with Crippen LogP contribution in [0.4, 0.5) is 22.4 Å². The molecule has 3 heterocycles. The number of benzene rings is 1. The SMILES string of the molecule is COCCCN(C)c1nc(NC2CCC(N(C(=O)NCc3ccccc3)c3ccc(-c4cnn(C)c4)cn3)CC2)ncc1C#N. The van der Waals surface area contributed by atoms with Crippen LogP contribution in [0.3, 0.4) is 0 Å². The van der Waals surface area contributed by atoms with Gasteiger partial charge in [0.1, 0.15) is 17.5 Å². The smallest absolute Gasteiger partial charge is 0.323 e. The first kappa shape index (κ1) is 31.4. The Morgan fingerprint density at radius 1 is 1.07 bits per heavy atom. The summed E-state index contributed by atoms with van der Waals surface area (Å²) < 4.78 is 6.92. The maximum absolute atomic E-state index is 13.7. The van der Waals surface area contributed by atoms with Gasteiger partial charge < -0.3 is 20.3 Å². The summed E-state index contributed by atoms with van der Waals surface area (Å²) in [4.78, 5) is 31.3. The van der Waals surface area contributed by atoms with E-state index in [9.17, 15) is 10.1 Å². The van der Waals surface area contributed by atoms with Crippen LogP contribution >= 0.6 is 0 Å². The molecule has 2 N–H and O–H groups in total. The zero-order chi connectivity index (χ0) is 31.6. The first-order chi connectivity index (χ1) is 21.9. The molecule has 0 saturated heterocycles. The molecule has 1 saturated carbocycles. The molecule has 3 aromatic heterocycles. The highest BCUT2D eigenvalue weighted by Gasteiger charge is 2.31. The lowest BCUT2D eigenvalue weighted by molar-refractivity contribution is 0.196. The predicted molar refractivity (Wildman–Crippen MR) is 174 cm³/mol. The van der Waals surface area contributed by atoms with Crippen molar-refractivity contribution < 1.29 is 9.53 Å². The highest BCUT2D eigenvalue weighted by Crippen LogP contribution is 2.30. The molecule has 4 aromatic rings. The molecule has 2 amide bonds. The number of rotatable bonds is 12. The molecule has 0 aliphatic heterocycles. The van der Waals surface area contributed by atoms with E-state index in [1.54, 1.807) is 35.3 Å². The van der Waals surface area contributed by atoms with Crippen molar-refractivity contribution in [3.05, 3.63) is 78.4 Å². The zero-order valence-electron chi connectivity index (χ0n) is 26.1. The molecule has 45 heavy (non-hydrogen) atoms. The van der Waals surface area contributed by atoms with Crippen LogP contribution in [0.5, 0.6) is 0 Å². The van der Waals surface area contributed by atoms with Crippen LogP contribution in [-0.4, -0.2) is 70.2 Å². The number of pyridine rings is 1. The van der Waals surface area contributed by atoms with Gasteiger partial charge in [-0.25, -0.2) is 14.8 Å². The Hall–Kier alpha value is -5.02. The van der Waals surface area contributed by atoms with Crippen molar-refractivity contribution in [1.29, 1.82) is 5.26 Å². The van der Waals surface area contributed by atoms with Gasteiger partial charge in [0, 0.05) is 76.5 Å². The van der Waals surface area contributed by atoms with Crippen LogP contribution in [0, 0.1) is 11.3 Å². The third kappa shape index (κ3) is 8.13. The molecule has 12 heteroatoms. The summed E-state index contributed by atoms with van der Waals surface area (Å²) in [6, 6.07) is 15.9. The number of hydrogen-bond acceptors (Lipinski definition) is 9. The summed E-state index contributed by atoms with van der Waals surface area (Å²) in [5, 5.41) is 20.4. The van der Waals surface area contributed by atoms with E-state index in [4.69, 9.17) is 9.72 Å². The van der Waals surface area contributed by atoms with Crippen molar-refractivity contribution in [2.24, 2.45) is 7.05 Å². The number of nitriles is 1. The quantitative estimate of drug-likeness (QED) is 0.218. The molecule has 1 aliphatic rings. The van der Waals surface area contributed by atoms with Gasteiger partial charge in [-0.1, -0.05) is 30.3 Å². The second-order valence-corrected chi connectivity index (χ2v) is 11.3. The lowest BCUT2D eigenvalue weighted by atomic mass is 9.90. The highest BCUT2D eigenvalue weighted by atomic mass is 16.5. The maximum Gasteiger partial charge on any atom is 0.323 e. The number of amides is 2. The zero-order valence-corrected chi connectivity index (χ0v) is 26.1. The lowest BCUT2D eigenvalue weighted by Crippen LogP contribution is -2.49. The molecule has 5 rings (SSSR count). The Balaban J connectivity index is 1.27. The van der Waals surface area contributed by atoms with Gasteiger partial charge >= 0.3 is 6.03 Å². The van der Waals surface area contributed by atoms with Crippen molar-refractivity contribution in [3.63, 3.8) is 0 Å². The molecule has 12 nitrogen and oxygen atoms in total. The molecule has 0 radical (unpaired) electrons. The Morgan fingerprint density at radius 2 is 1.87 bits per heavy atom. The van der Waals surface area contributed by atoms with Crippen molar-refractivity contribution in [1.82, 2.24) is 30.0 Å². The lowest BCUT2D eigenvalue weighted by Gasteiger charge is -2.36. The number of carbonyl (C=O) groups excluding carboxylic acids is 1. The minimum absolute atomic E-state index is 0.0278. The Morgan fingerprint density at radius 3 is 2.53 bits per heavy atom. The average molecular weight is 609 g/mol. The molecule has 0 unspecified atom stereocenters. The van der Waals surface area contributed by atoms with Gasteiger partial charge in [-0.3, -0.25) is 9.58 Å². The molecule has 1 aromatic carbocycles. The number of aryl methyl sites for hydroxylation is 1. The summed E-state index contributed by atoms with van der Waals surface area (Å²) in [5.41, 5.74) is 3.38. The monoisotopic (exact) mass is 608 g/mol. The first-order valence-electron chi connectivity index (χ1n) is 15.2. The summed E-state index contributed by atoms with van der Waals surface area (Å²) >= 11 is 0. The normalized spacial score (nSPS) is 16.0. The molecule has 0 bridgehead atoms. The second kappa shape index (κ2) is 15.1. The van der Waals surface area contributed by atoms with E-state index >= 15 is 0 Å². The van der Waals surface area contributed by atoms with Crippen LogP contribution in [0.2, 0.25) is 0 Å². The Kier molecular flexibility index (Phi) is 10.6. The first-order valence-corrected chi connectivity index (χ1v) is 15.2. The molecule has 1 aliphatic carbocycles. The van der Waals surface area contributed by atoms with Crippen LogP contribution in [0.25, 0.3) is 11.1 Å². The Labute approximate surface area is 264 Å². The fourth-order valence-electron chi connectivity index (χ4n) is 5.61. The Bertz CT molecular complexity index is 1580. The number of carbonyl (C=O) groups is 1. The largest absolute Gasteiger partial charge is 0.385 e. The van der Waals surface area contributed by atoms with Crippen molar-refractivity contribution >= 4 is 23.6 Å². The fraction of sp³-hybridized carbons (Fsp3) is 0.394. The van der Waals surface area contributed by atoms with Crippen LogP contribution in [0.1, 0.15) is 43.2 Å². The van der Waals surface area contributed by atoms with Gasteiger partial charge in [-0.2, -0.15) is 15.3 Å². The van der Waals surface area contributed by atoms with Crippen molar-refractivity contribution in [2.75, 3.05) is 42.4 Å². The van der Waals surface area contributed by atoms with E-state index in [0.29, 0.717) is 42.8 Å². The van der Waals surface area contributed by atoms with Gasteiger partial charge in [0.2, 0.25) is 5.95 Å². The van der Waals surface area contributed by atoms with Gasteiger partial charge in [-0.05, 0) is 49.8 Å². The topological polar surface area (TPSA) is 137 Å². The van der Waals surface area contributed by atoms with Gasteiger partial charge in [0.25, 0.3) is 0 Å². The summed E-state index contributed by atoms with van der Waals surface area (Å²) in [6.45, 7) is 1.78. The van der Waals surface area contributed by atoms with Gasteiger partial charge in [0.05, 0.1) is 12.4 Å². The van der Waals surface area contributed by atoms with Crippen LogP contribution in [0.15, 0.2) is 67.3 Å². The molecule has 0 spiro atoms. The van der Waals surface area contributed by atoms with E-state index in [2.05, 4.69) is 31.8 Å². The number of nitrogens with one attached hydrogen (secondary N) is 2. The van der Waals surface area contributed by atoms with Gasteiger partial charge in [0.15, 0.2) is 5.82 Å². The van der Waals surface area contributed by atoms with E-state index in [1.807, 2.05) is 67.7 Å². The standard InChI is InChI=1S/C33H40N10O2/c1-41(16-7-17-45-3)31-26(18-34)21-36-32(40-31)39-28-11-13-29(14-12-28)43(33(44)37-19-24-8-5-4-6-9-24)30-15-10-25(20-35-30)27-22-38-42(2)23-27/h4-6,8-10,15,20-23,28-29H,7,11-14,16-17,19H2,1-3H3,(H,37,44)(H,36,39,40). The molecule has 0 atom stereocenters. The molecule has 1 fully saturated rings. The molecule has 234 valence electrons. The third-order valence-electron chi connectivity index (χ3n) is 8.03. The van der Waals surface area contributed by atoms with Crippen molar-refractivity contribution in [2.45, 2.75) is 50.7 Å². The number of urea groups is 1. The van der Waals surface area contributed by atoms with E-state index in [0.717, 1.165) is 48.8 Å². The maximum atomic E-state index is 13.7. The number of aromatic nitrogens is 5. The number of nitrogens with zero attached hydrogens (tertiary/aromatic N) is 8. The molecular weight excluding hydrogens is 568 g/mol. The minimum Gasteiger partial charge on any atom is -0.385 e. The number of ether oxygens (including phenoxy) is 1. The average Bonchev–Trinajstić information content (AvgIpc) is 3.51.